The zero-order valence-electron chi connectivity index (χ0n) is 18.4. The van der Waals surface area contributed by atoms with Crippen LogP contribution in [-0.2, 0) is 14.9 Å². The van der Waals surface area contributed by atoms with E-state index in [9.17, 15) is 14.7 Å². The van der Waals surface area contributed by atoms with Crippen LogP contribution >= 0.6 is 0 Å². The second kappa shape index (κ2) is 8.68. The van der Waals surface area contributed by atoms with Crippen LogP contribution in [0, 0.1) is 0 Å². The molecule has 2 aromatic rings. The smallest absolute Gasteiger partial charge is 0.343 e. The van der Waals surface area contributed by atoms with Gasteiger partial charge in [0, 0.05) is 16.7 Å². The number of aliphatic imine (C=N–C) groups is 2. The van der Waals surface area contributed by atoms with Crippen LogP contribution in [-0.4, -0.2) is 35.1 Å². The number of amides is 1. The molecule has 0 unspecified atom stereocenters. The fourth-order valence-electron chi connectivity index (χ4n) is 3.28. The molecule has 3 rings (SSSR count). The van der Waals surface area contributed by atoms with E-state index < -0.39 is 11.9 Å². The number of aliphatic hydroxyl groups is 1. The number of aliphatic hydroxyl groups excluding tert-OH is 1. The van der Waals surface area contributed by atoms with E-state index in [1.807, 2.05) is 12.1 Å². The summed E-state index contributed by atoms with van der Waals surface area (Å²) in [5, 5.41) is 10.1. The first kappa shape index (κ1) is 22.2. The number of amidine groups is 1. The number of rotatable bonds is 4. The van der Waals surface area contributed by atoms with Crippen molar-refractivity contribution in [1.29, 1.82) is 0 Å². The van der Waals surface area contributed by atoms with Gasteiger partial charge in [-0.2, -0.15) is 4.99 Å². The zero-order valence-corrected chi connectivity index (χ0v) is 18.4. The Morgan fingerprint density at radius 1 is 1.03 bits per heavy atom. The Morgan fingerprint density at radius 3 is 2.19 bits per heavy atom. The van der Waals surface area contributed by atoms with Gasteiger partial charge in [-0.05, 0) is 37.0 Å². The minimum Gasteiger partial charge on any atom is -0.512 e. The Kier molecular flexibility index (Phi) is 6.20. The Hall–Kier alpha value is -3.54. The van der Waals surface area contributed by atoms with Crippen molar-refractivity contribution in [3.05, 3.63) is 82.1 Å². The molecule has 0 bridgehead atoms. The van der Waals surface area contributed by atoms with Crippen LogP contribution in [0.1, 0.15) is 61.7 Å². The highest BCUT2D eigenvalue weighted by Gasteiger charge is 2.30. The van der Waals surface area contributed by atoms with E-state index in [0.717, 1.165) is 5.56 Å². The summed E-state index contributed by atoms with van der Waals surface area (Å²) in [6.45, 7) is 9.56. The average Bonchev–Trinajstić information content (AvgIpc) is 3.05. The lowest BCUT2D eigenvalue weighted by atomic mass is 9.87. The third-order valence-corrected chi connectivity index (χ3v) is 4.92. The van der Waals surface area contributed by atoms with E-state index in [4.69, 9.17) is 4.74 Å². The molecular formula is C25H26N2O4. The maximum absolute atomic E-state index is 12.8. The highest BCUT2D eigenvalue weighted by Crippen LogP contribution is 2.26. The van der Waals surface area contributed by atoms with Gasteiger partial charge in [-0.15, -0.1) is 0 Å². The monoisotopic (exact) mass is 418 g/mol. The van der Waals surface area contributed by atoms with Crippen molar-refractivity contribution in [3.8, 4) is 0 Å². The summed E-state index contributed by atoms with van der Waals surface area (Å²) >= 11 is 0. The number of fused-ring (bicyclic) bond motifs is 1. The van der Waals surface area contributed by atoms with Crippen molar-refractivity contribution in [3.63, 3.8) is 0 Å². The molecule has 0 aliphatic carbocycles. The minimum atomic E-state index is -0.679. The topological polar surface area (TPSA) is 88.3 Å². The van der Waals surface area contributed by atoms with Gasteiger partial charge in [-0.3, -0.25) is 4.79 Å². The summed E-state index contributed by atoms with van der Waals surface area (Å²) in [6.07, 6.45) is 0. The third-order valence-electron chi connectivity index (χ3n) is 4.92. The number of hydrogen-bond acceptors (Lipinski definition) is 4. The highest BCUT2D eigenvalue weighted by atomic mass is 16.5. The second-order valence-corrected chi connectivity index (χ2v) is 8.25. The van der Waals surface area contributed by atoms with Crippen molar-refractivity contribution < 1.29 is 19.4 Å². The molecule has 6 heteroatoms. The van der Waals surface area contributed by atoms with Crippen LogP contribution in [0.15, 0.2) is 69.8 Å². The standard InChI is InChI=1S/C25H26N2O4/c1-6-31-24(30)20(15(2)28)21-18-9-7-8-10-19(18)22(26-21)27-23(29)16-11-13-17(14-12-16)25(3,4)5/h7-14,28H,6H2,1-5H3. The highest BCUT2D eigenvalue weighted by molar-refractivity contribution is 6.36. The van der Waals surface area contributed by atoms with Gasteiger partial charge in [-0.25, -0.2) is 9.79 Å². The van der Waals surface area contributed by atoms with E-state index in [1.165, 1.54) is 6.92 Å². The van der Waals surface area contributed by atoms with Crippen molar-refractivity contribution >= 4 is 23.4 Å². The number of hydrogen-bond donors (Lipinski definition) is 1. The van der Waals surface area contributed by atoms with Gasteiger partial charge in [0.1, 0.15) is 11.3 Å². The van der Waals surface area contributed by atoms with Crippen LogP contribution < -0.4 is 0 Å². The molecule has 1 amide bonds. The molecule has 6 nitrogen and oxygen atoms in total. The van der Waals surface area contributed by atoms with Crippen LogP contribution in [0.3, 0.4) is 0 Å². The molecule has 1 heterocycles. The lowest BCUT2D eigenvalue weighted by Crippen LogP contribution is -2.18. The zero-order chi connectivity index (χ0) is 22.8. The number of ether oxygens (including phenoxy) is 1. The van der Waals surface area contributed by atoms with Crippen LogP contribution in [0.4, 0.5) is 0 Å². The maximum Gasteiger partial charge on any atom is 0.343 e. The van der Waals surface area contributed by atoms with Gasteiger partial charge in [-0.1, -0.05) is 57.2 Å². The van der Waals surface area contributed by atoms with Gasteiger partial charge in [0.2, 0.25) is 0 Å². The molecule has 1 N–H and O–H groups in total. The fraction of sp³-hybridized carbons (Fsp3) is 0.280. The number of allylic oxidation sites excluding steroid dienone is 1. The third kappa shape index (κ3) is 4.63. The lowest BCUT2D eigenvalue weighted by Gasteiger charge is -2.18. The first-order chi connectivity index (χ1) is 14.6. The summed E-state index contributed by atoms with van der Waals surface area (Å²) in [6, 6.07) is 14.5. The SMILES string of the molecule is CCOC(=O)C(C1=NC(=NC(=O)c2ccc(C(C)(C)C)cc2)c2ccccc21)=C(C)O. The van der Waals surface area contributed by atoms with Gasteiger partial charge in [0.25, 0.3) is 5.91 Å². The van der Waals surface area contributed by atoms with E-state index in [2.05, 4.69) is 30.8 Å². The lowest BCUT2D eigenvalue weighted by molar-refractivity contribution is -0.138. The molecule has 1 aliphatic rings. The quantitative estimate of drug-likeness (QED) is 0.440. The molecule has 0 saturated heterocycles. The number of benzene rings is 2. The first-order valence-electron chi connectivity index (χ1n) is 10.1. The molecule has 0 radical (unpaired) electrons. The normalized spacial score (nSPS) is 15.3. The number of esters is 1. The summed E-state index contributed by atoms with van der Waals surface area (Å²) in [4.78, 5) is 33.9. The molecule has 0 fully saturated rings. The molecule has 2 aromatic carbocycles. The second-order valence-electron chi connectivity index (χ2n) is 8.25. The Morgan fingerprint density at radius 2 is 1.65 bits per heavy atom. The van der Waals surface area contributed by atoms with Crippen LogP contribution in [0.5, 0.6) is 0 Å². The number of nitrogens with zero attached hydrogens (tertiary/aromatic N) is 2. The molecule has 1 aliphatic heterocycles. The molecule has 31 heavy (non-hydrogen) atoms. The van der Waals surface area contributed by atoms with E-state index >= 15 is 0 Å². The minimum absolute atomic E-state index is 0.0188. The van der Waals surface area contributed by atoms with E-state index in [0.29, 0.717) is 16.7 Å². The summed E-state index contributed by atoms with van der Waals surface area (Å²) in [5.74, 6) is -1.13. The van der Waals surface area contributed by atoms with Gasteiger partial charge < -0.3 is 9.84 Å². The predicted octanol–water partition coefficient (Wildman–Crippen LogP) is 4.77. The summed E-state index contributed by atoms with van der Waals surface area (Å²) in [7, 11) is 0. The Balaban J connectivity index is 2.03. The molecule has 0 aromatic heterocycles. The summed E-state index contributed by atoms with van der Waals surface area (Å²) in [5.41, 5.74) is 2.96. The maximum atomic E-state index is 12.8. The summed E-state index contributed by atoms with van der Waals surface area (Å²) < 4.78 is 5.07. The Bertz CT molecular complexity index is 1110. The van der Waals surface area contributed by atoms with Crippen molar-refractivity contribution in [1.82, 2.24) is 0 Å². The van der Waals surface area contributed by atoms with Crippen molar-refractivity contribution in [2.75, 3.05) is 6.61 Å². The van der Waals surface area contributed by atoms with E-state index in [-0.39, 0.29) is 34.9 Å². The van der Waals surface area contributed by atoms with Crippen molar-refractivity contribution in [2.45, 2.75) is 40.0 Å². The van der Waals surface area contributed by atoms with Crippen LogP contribution in [0.2, 0.25) is 0 Å². The molecule has 160 valence electrons. The van der Waals surface area contributed by atoms with Crippen molar-refractivity contribution in [2.24, 2.45) is 9.98 Å². The van der Waals surface area contributed by atoms with E-state index in [1.54, 1.807) is 43.3 Å². The number of carbonyl (C=O) groups excluding carboxylic acids is 2. The van der Waals surface area contributed by atoms with Gasteiger partial charge >= 0.3 is 5.97 Å². The Labute approximate surface area is 182 Å². The molecule has 0 atom stereocenters. The number of carbonyl (C=O) groups is 2. The molecule has 0 spiro atoms. The van der Waals surface area contributed by atoms with Gasteiger partial charge in [0.05, 0.1) is 12.3 Å². The predicted molar refractivity (Wildman–Crippen MR) is 121 cm³/mol. The van der Waals surface area contributed by atoms with Gasteiger partial charge in [0.15, 0.2) is 5.84 Å². The molecule has 0 saturated carbocycles. The average molecular weight is 418 g/mol. The largest absolute Gasteiger partial charge is 0.512 e. The van der Waals surface area contributed by atoms with Crippen LogP contribution in [0.25, 0.3) is 0 Å². The molecular weight excluding hydrogens is 392 g/mol. The fourth-order valence-corrected chi connectivity index (χ4v) is 3.28. The first-order valence-corrected chi connectivity index (χ1v) is 10.1.